The van der Waals surface area contributed by atoms with Gasteiger partial charge in [-0.3, -0.25) is 0 Å². The van der Waals surface area contributed by atoms with E-state index in [0.29, 0.717) is 11.8 Å². The molecule has 0 aliphatic heterocycles. The molecule has 0 rings (SSSR count). The Morgan fingerprint density at radius 3 is 1.14 bits per heavy atom. The molecule has 0 atom stereocenters. The Morgan fingerprint density at radius 1 is 0.773 bits per heavy atom. The molecule has 0 saturated carbocycles. The largest absolute Gasteiger partial charge is 1.00 e. The minimum atomic E-state index is 0. The summed E-state index contributed by atoms with van der Waals surface area (Å²) in [5.74, 6) is 1.30. The number of hydrazone groups is 2. The Morgan fingerprint density at radius 2 is 1.00 bits per heavy atom. The van der Waals surface area contributed by atoms with Crippen LogP contribution >= 0.6 is 0 Å². The summed E-state index contributed by atoms with van der Waals surface area (Å²) in [6.45, 7) is 16.3. The Bertz CT molecular complexity index is 271. The van der Waals surface area contributed by atoms with Gasteiger partial charge in [0.15, 0.2) is 0 Å². The van der Waals surface area contributed by atoms with Crippen LogP contribution in [0.3, 0.4) is 0 Å². The van der Waals surface area contributed by atoms with Crippen LogP contribution in [0.2, 0.25) is 0 Å². The Labute approximate surface area is 161 Å². The van der Waals surface area contributed by atoms with E-state index in [9.17, 15) is 0 Å². The van der Waals surface area contributed by atoms with Gasteiger partial charge >= 0.3 is 35.9 Å². The summed E-state index contributed by atoms with van der Waals surface area (Å²) in [6, 6.07) is 0. The topological polar surface area (TPSA) is 31.2 Å². The molecule has 0 aliphatic carbocycles. The van der Waals surface area contributed by atoms with Crippen molar-refractivity contribution in [3.63, 3.8) is 0 Å². The third-order valence-corrected chi connectivity index (χ3v) is 1.97. The molecule has 22 heavy (non-hydrogen) atoms. The maximum Gasteiger partial charge on any atom is 1.00 e. The van der Waals surface area contributed by atoms with Gasteiger partial charge in [0.2, 0.25) is 0 Å². The van der Waals surface area contributed by atoms with Crippen molar-refractivity contribution in [1.82, 2.24) is 10.0 Å². The maximum absolute atomic E-state index is 4.16. The SMILES string of the molecule is [CH2-]/C(CC(C)C)=N/N(C)C.[CH2-]/C(CC(C)C)=N\N(C)C.[Cu+].[Li+]. The van der Waals surface area contributed by atoms with Crippen LogP contribution in [0.1, 0.15) is 40.5 Å². The molecule has 0 aliphatic rings. The number of hydrogen-bond acceptors (Lipinski definition) is 4. The van der Waals surface area contributed by atoms with Gasteiger partial charge in [-0.2, -0.15) is 0 Å². The summed E-state index contributed by atoms with van der Waals surface area (Å²) in [5, 5.41) is 11.9. The van der Waals surface area contributed by atoms with E-state index in [-0.39, 0.29) is 35.9 Å². The minimum absolute atomic E-state index is 0. The van der Waals surface area contributed by atoms with Crippen LogP contribution in [0.15, 0.2) is 10.2 Å². The smallest absolute Gasteiger partial charge is 0.359 e. The van der Waals surface area contributed by atoms with E-state index in [1.807, 2.05) is 28.2 Å². The van der Waals surface area contributed by atoms with Crippen LogP contribution in [0.5, 0.6) is 0 Å². The van der Waals surface area contributed by atoms with Crippen molar-refractivity contribution in [3.05, 3.63) is 13.8 Å². The molecule has 6 heteroatoms. The number of rotatable bonds is 6. The second kappa shape index (κ2) is 17.2. The third kappa shape index (κ3) is 28.0. The van der Waals surface area contributed by atoms with E-state index in [0.717, 1.165) is 24.3 Å². The summed E-state index contributed by atoms with van der Waals surface area (Å²) in [6.07, 6.45) is 1.97. The zero-order chi connectivity index (χ0) is 16.3. The molecule has 0 saturated heterocycles. The van der Waals surface area contributed by atoms with E-state index in [2.05, 4.69) is 51.7 Å². The molecule has 130 valence electrons. The van der Waals surface area contributed by atoms with Gasteiger partial charge < -0.3 is 23.9 Å². The molecule has 0 spiro atoms. The van der Waals surface area contributed by atoms with Gasteiger partial charge in [0.25, 0.3) is 0 Å². The molecule has 0 fully saturated rings. The molecular weight excluding hydrogens is 319 g/mol. The summed E-state index contributed by atoms with van der Waals surface area (Å²) >= 11 is 0. The van der Waals surface area contributed by atoms with Crippen molar-refractivity contribution in [2.45, 2.75) is 40.5 Å². The van der Waals surface area contributed by atoms with E-state index in [4.69, 9.17) is 0 Å². The summed E-state index contributed by atoms with van der Waals surface area (Å²) in [4.78, 5) is 0. The first-order chi connectivity index (χ1) is 9.04. The van der Waals surface area contributed by atoms with Gasteiger partial charge in [0, 0.05) is 28.2 Å². The number of hydrogen-bond donors (Lipinski definition) is 0. The van der Waals surface area contributed by atoms with Crippen LogP contribution in [-0.2, 0) is 17.1 Å². The molecule has 0 unspecified atom stereocenters. The first-order valence-electron chi connectivity index (χ1n) is 7.18. The molecule has 0 aromatic heterocycles. The Balaban J connectivity index is -0.000000135. The van der Waals surface area contributed by atoms with Crippen molar-refractivity contribution in [1.29, 1.82) is 0 Å². The van der Waals surface area contributed by atoms with E-state index in [1.54, 1.807) is 10.0 Å². The molecule has 0 heterocycles. The Hall–Kier alpha value is -0.203. The monoisotopic (exact) mass is 352 g/mol. The standard InChI is InChI=1S/2C8H17N2.Cu.Li/c2*1-7(2)6-8(3)9-10(4)5;;/h2*7H,3,6H2,1-2,4-5H3;;/q2*-1;2*+1/b9-8+;9-8-;;. The first-order valence-corrected chi connectivity index (χ1v) is 7.18. The van der Waals surface area contributed by atoms with Gasteiger partial charge in [-0.1, -0.05) is 27.7 Å². The van der Waals surface area contributed by atoms with Crippen LogP contribution in [0.25, 0.3) is 0 Å². The van der Waals surface area contributed by atoms with Gasteiger partial charge in [0.05, 0.1) is 0 Å². The van der Waals surface area contributed by atoms with Gasteiger partial charge in [-0.25, -0.2) is 10.2 Å². The van der Waals surface area contributed by atoms with Gasteiger partial charge in [-0.05, 0) is 24.7 Å². The predicted molar refractivity (Wildman–Crippen MR) is 91.9 cm³/mol. The fourth-order valence-electron chi connectivity index (χ4n) is 1.59. The zero-order valence-corrected chi connectivity index (χ0v) is 17.0. The minimum Gasteiger partial charge on any atom is -0.359 e. The summed E-state index contributed by atoms with van der Waals surface area (Å²) < 4.78 is 0. The zero-order valence-electron chi connectivity index (χ0n) is 16.1. The van der Waals surface area contributed by atoms with Crippen LogP contribution in [0.4, 0.5) is 0 Å². The van der Waals surface area contributed by atoms with Crippen LogP contribution < -0.4 is 18.9 Å². The van der Waals surface area contributed by atoms with Crippen molar-refractivity contribution < 1.29 is 35.9 Å². The summed E-state index contributed by atoms with van der Waals surface area (Å²) in [7, 11) is 7.63. The molecule has 0 N–H and O–H groups in total. The first kappa shape index (κ1) is 29.8. The number of nitrogens with zero attached hydrogens (tertiary/aromatic N) is 4. The summed E-state index contributed by atoms with van der Waals surface area (Å²) in [5.41, 5.74) is 1.92. The second-order valence-electron chi connectivity index (χ2n) is 6.22. The van der Waals surface area contributed by atoms with E-state index < -0.39 is 0 Å². The quantitative estimate of drug-likeness (QED) is 0.303. The molecule has 4 nitrogen and oxygen atoms in total. The van der Waals surface area contributed by atoms with Crippen molar-refractivity contribution >= 4 is 11.4 Å². The molecule has 0 aromatic rings. The fraction of sp³-hybridized carbons (Fsp3) is 0.750. The molecule has 0 aromatic carbocycles. The Kier molecular flexibility index (Phi) is 23.2. The van der Waals surface area contributed by atoms with Crippen LogP contribution in [0, 0.1) is 25.7 Å². The average Bonchev–Trinajstić information content (AvgIpc) is 2.11. The maximum atomic E-state index is 4.16. The van der Waals surface area contributed by atoms with E-state index >= 15 is 0 Å². The normalized spacial score (nSPS) is 11.2. The molecule has 0 bridgehead atoms. The molecular formula is C16H34CuLiN4. The van der Waals surface area contributed by atoms with Crippen molar-refractivity contribution in [2.75, 3.05) is 28.2 Å². The van der Waals surface area contributed by atoms with E-state index in [1.165, 1.54) is 0 Å². The van der Waals surface area contributed by atoms with Gasteiger partial charge in [0.1, 0.15) is 0 Å². The van der Waals surface area contributed by atoms with Crippen molar-refractivity contribution in [3.8, 4) is 0 Å². The van der Waals surface area contributed by atoms with Crippen LogP contribution in [-0.4, -0.2) is 49.6 Å². The third-order valence-electron chi connectivity index (χ3n) is 1.97. The second-order valence-corrected chi connectivity index (χ2v) is 6.22. The van der Waals surface area contributed by atoms with Gasteiger partial charge in [-0.15, -0.1) is 11.4 Å². The predicted octanol–water partition coefficient (Wildman–Crippen LogP) is 0.570. The molecule has 0 radical (unpaired) electrons. The average molecular weight is 353 g/mol. The van der Waals surface area contributed by atoms with Crippen molar-refractivity contribution in [2.24, 2.45) is 22.0 Å². The fourth-order valence-corrected chi connectivity index (χ4v) is 1.59. The molecule has 0 amide bonds.